The molecule has 130 valence electrons. The summed E-state index contributed by atoms with van der Waals surface area (Å²) in [4.78, 5) is 23.2. The Labute approximate surface area is 136 Å². The van der Waals surface area contributed by atoms with Crippen LogP contribution in [0.25, 0.3) is 0 Å². The molecule has 5 atom stereocenters. The van der Waals surface area contributed by atoms with Crippen LogP contribution in [0.15, 0.2) is 12.2 Å². The number of fused-ring (bicyclic) bond motifs is 1. The van der Waals surface area contributed by atoms with Crippen LogP contribution in [0, 0.1) is 11.8 Å². The van der Waals surface area contributed by atoms with Crippen LogP contribution in [0.4, 0.5) is 0 Å². The highest BCUT2D eigenvalue weighted by molar-refractivity contribution is 7.87. The highest BCUT2D eigenvalue weighted by Crippen LogP contribution is 2.52. The van der Waals surface area contributed by atoms with Crippen LogP contribution < -0.4 is 0 Å². The van der Waals surface area contributed by atoms with Gasteiger partial charge >= 0.3 is 11.9 Å². The molecule has 2 fully saturated rings. The summed E-state index contributed by atoms with van der Waals surface area (Å²) in [7, 11) is -3.66. The topological polar surface area (TPSA) is 96.0 Å². The molecule has 23 heavy (non-hydrogen) atoms. The van der Waals surface area contributed by atoms with Crippen LogP contribution >= 0.6 is 0 Å². The van der Waals surface area contributed by atoms with Crippen LogP contribution in [0.2, 0.25) is 0 Å². The van der Waals surface area contributed by atoms with Crippen LogP contribution in [-0.4, -0.2) is 43.9 Å². The summed E-state index contributed by atoms with van der Waals surface area (Å²) in [6.07, 6.45) is -0.122. The number of hydrogen-bond acceptors (Lipinski definition) is 7. The van der Waals surface area contributed by atoms with Gasteiger partial charge in [0.15, 0.2) is 6.61 Å². The molecule has 7 nitrogen and oxygen atoms in total. The Balaban J connectivity index is 2.06. The molecule has 0 aromatic heterocycles. The van der Waals surface area contributed by atoms with Gasteiger partial charge in [0.2, 0.25) is 0 Å². The Morgan fingerprint density at radius 2 is 1.96 bits per heavy atom. The monoisotopic (exact) mass is 346 g/mol. The molecule has 0 radical (unpaired) electrons. The molecule has 2 rings (SSSR count). The number of carbonyl (C=O) groups excluding carboxylic acids is 2. The average Bonchev–Trinajstić information content (AvgIpc) is 2.76. The van der Waals surface area contributed by atoms with Crippen molar-refractivity contribution in [1.82, 2.24) is 0 Å². The Morgan fingerprint density at radius 1 is 1.35 bits per heavy atom. The number of ether oxygens (including phenoxy) is 2. The predicted octanol–water partition coefficient (Wildman–Crippen LogP) is 1.18. The number of hydrogen-bond donors (Lipinski definition) is 0. The minimum Gasteiger partial charge on any atom is -0.456 e. The summed E-state index contributed by atoms with van der Waals surface area (Å²) >= 11 is 0. The van der Waals surface area contributed by atoms with Gasteiger partial charge < -0.3 is 9.47 Å². The van der Waals surface area contributed by atoms with E-state index in [4.69, 9.17) is 13.7 Å². The summed E-state index contributed by atoms with van der Waals surface area (Å²) in [5.41, 5.74) is -0.899. The lowest BCUT2D eigenvalue weighted by molar-refractivity contribution is -0.169. The minimum atomic E-state index is -3.66. The third-order valence-corrected chi connectivity index (χ3v) is 6.52. The van der Waals surface area contributed by atoms with E-state index < -0.39 is 45.6 Å². The molecular weight excluding hydrogens is 324 g/mol. The average molecular weight is 346 g/mol. The first-order valence-electron chi connectivity index (χ1n) is 7.45. The van der Waals surface area contributed by atoms with Gasteiger partial charge in [0, 0.05) is 11.5 Å². The Kier molecular flexibility index (Phi) is 4.60. The number of esters is 2. The van der Waals surface area contributed by atoms with E-state index in [2.05, 4.69) is 6.58 Å². The molecule has 5 unspecified atom stereocenters. The maximum absolute atomic E-state index is 12.0. The lowest BCUT2D eigenvalue weighted by atomic mass is 9.89. The van der Waals surface area contributed by atoms with Gasteiger partial charge in [-0.15, -0.1) is 0 Å². The first-order valence-corrected chi connectivity index (χ1v) is 8.92. The standard InChI is InChI=1S/C15H22O7S/c1-8(2)14(17)20-7-12(16)21-13-9(3)6-11-10(4)23(18,19)22-15(11,13)5/h9-11,13H,1,6-7H2,2-5H3. The van der Waals surface area contributed by atoms with Gasteiger partial charge in [-0.05, 0) is 33.1 Å². The lowest BCUT2D eigenvalue weighted by Crippen LogP contribution is -2.44. The predicted molar refractivity (Wildman–Crippen MR) is 80.8 cm³/mol. The number of rotatable bonds is 4. The van der Waals surface area contributed by atoms with Gasteiger partial charge in [-0.1, -0.05) is 13.5 Å². The van der Waals surface area contributed by atoms with E-state index in [0.29, 0.717) is 6.42 Å². The molecule has 1 aliphatic heterocycles. The molecule has 0 spiro atoms. The molecule has 1 saturated heterocycles. The summed E-state index contributed by atoms with van der Waals surface area (Å²) in [6, 6.07) is 0. The molecule has 0 aromatic rings. The normalized spacial score (nSPS) is 37.9. The molecule has 1 aliphatic carbocycles. The molecule has 8 heteroatoms. The molecule has 1 heterocycles. The molecule has 0 bridgehead atoms. The number of carbonyl (C=O) groups is 2. The molecular formula is C15H22O7S. The van der Waals surface area contributed by atoms with Crippen LogP contribution in [0.3, 0.4) is 0 Å². The van der Waals surface area contributed by atoms with E-state index in [0.717, 1.165) is 0 Å². The summed E-state index contributed by atoms with van der Waals surface area (Å²) in [5, 5.41) is -0.639. The Morgan fingerprint density at radius 3 is 2.52 bits per heavy atom. The fraction of sp³-hybridized carbons (Fsp3) is 0.733. The third kappa shape index (κ3) is 3.14. The van der Waals surface area contributed by atoms with Crippen molar-refractivity contribution in [2.45, 2.75) is 51.1 Å². The quantitative estimate of drug-likeness (QED) is 0.428. The Bertz CT molecular complexity index is 638. The maximum Gasteiger partial charge on any atom is 0.344 e. The van der Waals surface area contributed by atoms with Gasteiger partial charge in [-0.2, -0.15) is 8.42 Å². The van der Waals surface area contributed by atoms with Crippen molar-refractivity contribution in [3.8, 4) is 0 Å². The van der Waals surface area contributed by atoms with Crippen LogP contribution in [0.1, 0.15) is 34.1 Å². The second-order valence-electron chi connectivity index (χ2n) is 6.55. The van der Waals surface area contributed by atoms with Crippen molar-refractivity contribution in [2.75, 3.05) is 6.61 Å². The van der Waals surface area contributed by atoms with Crippen molar-refractivity contribution in [2.24, 2.45) is 11.8 Å². The van der Waals surface area contributed by atoms with E-state index in [1.54, 1.807) is 13.8 Å². The second kappa shape index (κ2) is 5.90. The highest BCUT2D eigenvalue weighted by atomic mass is 32.2. The fourth-order valence-electron chi connectivity index (χ4n) is 3.48. The molecule has 0 amide bonds. The fourth-order valence-corrected chi connectivity index (χ4v) is 5.14. The van der Waals surface area contributed by atoms with Crippen molar-refractivity contribution in [3.63, 3.8) is 0 Å². The van der Waals surface area contributed by atoms with Gasteiger partial charge in [0.25, 0.3) is 10.1 Å². The van der Waals surface area contributed by atoms with Crippen LogP contribution in [-0.2, 0) is 33.4 Å². The lowest BCUT2D eigenvalue weighted by Gasteiger charge is -2.30. The summed E-state index contributed by atoms with van der Waals surface area (Å²) in [6.45, 7) is 9.48. The first-order chi connectivity index (χ1) is 10.5. The van der Waals surface area contributed by atoms with Gasteiger partial charge in [0.05, 0.1) is 5.25 Å². The highest BCUT2D eigenvalue weighted by Gasteiger charge is 2.64. The van der Waals surface area contributed by atoms with E-state index >= 15 is 0 Å². The smallest absolute Gasteiger partial charge is 0.344 e. The van der Waals surface area contributed by atoms with Crippen molar-refractivity contribution >= 4 is 22.1 Å². The summed E-state index contributed by atoms with van der Waals surface area (Å²) < 4.78 is 39.3. The van der Waals surface area contributed by atoms with Crippen LogP contribution in [0.5, 0.6) is 0 Å². The van der Waals surface area contributed by atoms with Gasteiger partial charge in [-0.25, -0.2) is 9.59 Å². The Hall–Kier alpha value is -1.41. The maximum atomic E-state index is 12.0. The van der Waals surface area contributed by atoms with E-state index in [1.807, 2.05) is 6.92 Å². The molecule has 0 aromatic carbocycles. The third-order valence-electron chi connectivity index (χ3n) is 4.69. The molecule has 1 saturated carbocycles. The SMILES string of the molecule is C=C(C)C(=O)OCC(=O)OC1C(C)CC2C(C)S(=O)(=O)OC21C. The van der Waals surface area contributed by atoms with Crippen molar-refractivity contribution in [1.29, 1.82) is 0 Å². The minimum absolute atomic E-state index is 0.0521. The van der Waals surface area contributed by atoms with E-state index in [1.165, 1.54) is 6.92 Å². The van der Waals surface area contributed by atoms with E-state index in [9.17, 15) is 18.0 Å². The second-order valence-corrected chi connectivity index (χ2v) is 8.45. The largest absolute Gasteiger partial charge is 0.456 e. The molecule has 0 N–H and O–H groups in total. The first kappa shape index (κ1) is 17.9. The summed E-state index contributed by atoms with van der Waals surface area (Å²) in [5.74, 6) is -1.71. The zero-order valence-corrected chi connectivity index (χ0v) is 14.5. The van der Waals surface area contributed by atoms with Crippen molar-refractivity contribution < 1.29 is 31.7 Å². The van der Waals surface area contributed by atoms with Gasteiger partial charge in [-0.3, -0.25) is 4.18 Å². The van der Waals surface area contributed by atoms with Crippen molar-refractivity contribution in [3.05, 3.63) is 12.2 Å². The van der Waals surface area contributed by atoms with E-state index in [-0.39, 0.29) is 17.4 Å². The van der Waals surface area contributed by atoms with Gasteiger partial charge in [0.1, 0.15) is 11.7 Å². The molecule has 2 aliphatic rings. The zero-order valence-electron chi connectivity index (χ0n) is 13.7. The zero-order chi connectivity index (χ0) is 17.6.